The smallest absolute Gasteiger partial charge is 0.274 e. The van der Waals surface area contributed by atoms with Gasteiger partial charge in [0.2, 0.25) is 5.91 Å². The maximum Gasteiger partial charge on any atom is 0.274 e. The Morgan fingerprint density at radius 3 is 2.90 bits per heavy atom. The molecule has 1 heterocycles. The molecule has 0 saturated carbocycles. The van der Waals surface area contributed by atoms with Crippen molar-refractivity contribution in [2.45, 2.75) is 32.1 Å². The van der Waals surface area contributed by atoms with Crippen LogP contribution in [-0.2, 0) is 17.6 Å². The first-order valence-corrected chi connectivity index (χ1v) is 7.37. The van der Waals surface area contributed by atoms with Crippen LogP contribution in [-0.4, -0.2) is 35.5 Å². The van der Waals surface area contributed by atoms with Crippen LogP contribution in [0.4, 0.5) is 0 Å². The molecule has 0 aromatic heterocycles. The molecule has 3 rings (SSSR count). The molecule has 1 saturated heterocycles. The van der Waals surface area contributed by atoms with E-state index in [2.05, 4.69) is 0 Å². The number of hydrogen-bond donors (Lipinski definition) is 2. The number of hydrogen-bond acceptors (Lipinski definition) is 3. The Balaban J connectivity index is 1.89. The van der Waals surface area contributed by atoms with E-state index < -0.39 is 5.91 Å². The number of aryl methyl sites for hydroxylation is 1. The van der Waals surface area contributed by atoms with E-state index >= 15 is 0 Å². The van der Waals surface area contributed by atoms with Crippen LogP contribution in [0.3, 0.4) is 0 Å². The van der Waals surface area contributed by atoms with Gasteiger partial charge in [0.1, 0.15) is 0 Å². The van der Waals surface area contributed by atoms with Crippen LogP contribution >= 0.6 is 0 Å². The lowest BCUT2D eigenvalue weighted by atomic mass is 9.66. The van der Waals surface area contributed by atoms with Crippen molar-refractivity contribution in [1.29, 1.82) is 0 Å². The number of nitrogens with zero attached hydrogens (tertiary/aromatic N) is 1. The number of fused-ring (bicyclic) bond motifs is 1. The number of piperidine rings is 1. The van der Waals surface area contributed by atoms with Crippen LogP contribution in [0.2, 0.25) is 0 Å². The van der Waals surface area contributed by atoms with Crippen LogP contribution in [0, 0.1) is 5.41 Å². The molecule has 1 spiro atoms. The van der Waals surface area contributed by atoms with Crippen LogP contribution in [0.15, 0.2) is 18.2 Å². The highest BCUT2D eigenvalue weighted by atomic mass is 16.5. The maximum absolute atomic E-state index is 12.6. The van der Waals surface area contributed by atoms with Crippen molar-refractivity contribution in [1.82, 2.24) is 10.4 Å². The number of benzene rings is 1. The molecule has 1 aliphatic heterocycles. The molecule has 1 aromatic carbocycles. The van der Waals surface area contributed by atoms with E-state index in [0.717, 1.165) is 49.8 Å². The van der Waals surface area contributed by atoms with Gasteiger partial charge in [-0.2, -0.15) is 0 Å². The Labute approximate surface area is 123 Å². The standard InChI is InChI=1S/C16H20N2O3/c1-18-8-2-6-16(15(18)20)7-5-11-9-12(14(19)17-21)3-4-13(11)10-16/h3-4,9,21H,2,5-8,10H2,1H3,(H,17,19)/t16-/m1/s1. The molecule has 0 radical (unpaired) electrons. The fourth-order valence-corrected chi connectivity index (χ4v) is 3.73. The van der Waals surface area contributed by atoms with E-state index in [1.54, 1.807) is 11.5 Å². The van der Waals surface area contributed by atoms with Gasteiger partial charge >= 0.3 is 0 Å². The van der Waals surface area contributed by atoms with E-state index in [4.69, 9.17) is 5.21 Å². The third-order valence-corrected chi connectivity index (χ3v) is 4.92. The van der Waals surface area contributed by atoms with Crippen molar-refractivity contribution in [2.75, 3.05) is 13.6 Å². The van der Waals surface area contributed by atoms with Gasteiger partial charge < -0.3 is 4.90 Å². The molecular weight excluding hydrogens is 268 g/mol. The molecule has 1 atom stereocenters. The number of likely N-dealkylation sites (tertiary alicyclic amines) is 1. The van der Waals surface area contributed by atoms with E-state index in [9.17, 15) is 9.59 Å². The van der Waals surface area contributed by atoms with Gasteiger partial charge in [0.15, 0.2) is 0 Å². The molecule has 1 aliphatic carbocycles. The summed E-state index contributed by atoms with van der Waals surface area (Å²) in [5, 5.41) is 8.71. The summed E-state index contributed by atoms with van der Waals surface area (Å²) in [5.74, 6) is -0.233. The largest absolute Gasteiger partial charge is 0.345 e. The monoisotopic (exact) mass is 288 g/mol. The summed E-state index contributed by atoms with van der Waals surface area (Å²) in [6, 6.07) is 5.45. The summed E-state index contributed by atoms with van der Waals surface area (Å²) in [6.07, 6.45) is 4.42. The molecule has 2 amide bonds. The predicted octanol–water partition coefficient (Wildman–Crippen LogP) is 1.53. The Hall–Kier alpha value is -1.88. The first-order valence-electron chi connectivity index (χ1n) is 7.37. The van der Waals surface area contributed by atoms with Crippen molar-refractivity contribution < 1.29 is 14.8 Å². The van der Waals surface area contributed by atoms with Crippen molar-refractivity contribution in [2.24, 2.45) is 5.41 Å². The van der Waals surface area contributed by atoms with Gasteiger partial charge in [-0.15, -0.1) is 0 Å². The summed E-state index contributed by atoms with van der Waals surface area (Å²) >= 11 is 0. The number of rotatable bonds is 1. The minimum atomic E-state index is -0.494. The van der Waals surface area contributed by atoms with Crippen LogP contribution in [0.25, 0.3) is 0 Å². The lowest BCUT2D eigenvalue weighted by Gasteiger charge is -2.43. The van der Waals surface area contributed by atoms with Gasteiger partial charge in [-0.3, -0.25) is 14.8 Å². The number of carbonyl (C=O) groups is 2. The Kier molecular flexibility index (Phi) is 3.45. The zero-order valence-electron chi connectivity index (χ0n) is 12.2. The van der Waals surface area contributed by atoms with Gasteiger partial charge in [0.25, 0.3) is 5.91 Å². The molecule has 1 aromatic rings. The second-order valence-electron chi connectivity index (χ2n) is 6.21. The molecular formula is C16H20N2O3. The third kappa shape index (κ3) is 2.31. The van der Waals surface area contributed by atoms with E-state index in [0.29, 0.717) is 5.56 Å². The second kappa shape index (κ2) is 5.15. The van der Waals surface area contributed by atoms with E-state index in [-0.39, 0.29) is 11.3 Å². The maximum atomic E-state index is 12.6. The normalized spacial score (nSPS) is 24.9. The van der Waals surface area contributed by atoms with E-state index in [1.807, 2.05) is 24.1 Å². The van der Waals surface area contributed by atoms with Crippen molar-refractivity contribution in [3.05, 3.63) is 34.9 Å². The summed E-state index contributed by atoms with van der Waals surface area (Å²) in [5.41, 5.74) is 4.13. The zero-order chi connectivity index (χ0) is 15.0. The van der Waals surface area contributed by atoms with Gasteiger partial charge in [-0.1, -0.05) is 6.07 Å². The topological polar surface area (TPSA) is 69.6 Å². The Morgan fingerprint density at radius 2 is 2.14 bits per heavy atom. The van der Waals surface area contributed by atoms with Gasteiger partial charge in [-0.25, -0.2) is 5.48 Å². The number of hydroxylamine groups is 1. The predicted molar refractivity (Wildman–Crippen MR) is 77.0 cm³/mol. The van der Waals surface area contributed by atoms with Crippen molar-refractivity contribution in [3.63, 3.8) is 0 Å². The lowest BCUT2D eigenvalue weighted by Crippen LogP contribution is -2.49. The van der Waals surface area contributed by atoms with Gasteiger partial charge in [0.05, 0.1) is 5.41 Å². The van der Waals surface area contributed by atoms with E-state index in [1.165, 1.54) is 0 Å². The van der Waals surface area contributed by atoms with Crippen molar-refractivity contribution in [3.8, 4) is 0 Å². The third-order valence-electron chi connectivity index (χ3n) is 4.92. The van der Waals surface area contributed by atoms with Crippen LogP contribution in [0.5, 0.6) is 0 Å². The summed E-state index contributed by atoms with van der Waals surface area (Å²) in [6.45, 7) is 0.850. The Bertz CT molecular complexity index is 599. The minimum Gasteiger partial charge on any atom is -0.345 e. The molecule has 5 heteroatoms. The average Bonchev–Trinajstić information content (AvgIpc) is 2.51. The molecule has 1 fully saturated rings. The van der Waals surface area contributed by atoms with Crippen LogP contribution < -0.4 is 5.48 Å². The molecule has 21 heavy (non-hydrogen) atoms. The fourth-order valence-electron chi connectivity index (χ4n) is 3.73. The molecule has 2 N–H and O–H groups in total. The second-order valence-corrected chi connectivity index (χ2v) is 6.21. The quantitative estimate of drug-likeness (QED) is 0.608. The average molecular weight is 288 g/mol. The van der Waals surface area contributed by atoms with Gasteiger partial charge in [0, 0.05) is 19.2 Å². The van der Waals surface area contributed by atoms with Gasteiger partial charge in [-0.05, 0) is 55.4 Å². The highest BCUT2D eigenvalue weighted by Crippen LogP contribution is 2.42. The fraction of sp³-hybridized carbons (Fsp3) is 0.500. The summed E-state index contributed by atoms with van der Waals surface area (Å²) in [4.78, 5) is 25.9. The number of carbonyl (C=O) groups excluding carboxylic acids is 2. The molecule has 0 bridgehead atoms. The summed E-state index contributed by atoms with van der Waals surface area (Å²) in [7, 11) is 1.88. The molecule has 2 aliphatic rings. The van der Waals surface area contributed by atoms with Crippen molar-refractivity contribution >= 4 is 11.8 Å². The highest BCUT2D eigenvalue weighted by molar-refractivity contribution is 5.93. The number of amides is 2. The first kappa shape index (κ1) is 14.1. The first-order chi connectivity index (χ1) is 10.1. The molecule has 112 valence electrons. The SMILES string of the molecule is CN1CCC[C@]2(CCc3cc(C(=O)NO)ccc3C2)C1=O. The zero-order valence-corrected chi connectivity index (χ0v) is 12.2. The highest BCUT2D eigenvalue weighted by Gasteiger charge is 2.44. The van der Waals surface area contributed by atoms with Crippen LogP contribution in [0.1, 0.15) is 40.7 Å². The molecule has 0 unspecified atom stereocenters. The molecule has 5 nitrogen and oxygen atoms in total. The Morgan fingerprint density at radius 1 is 1.33 bits per heavy atom. The lowest BCUT2D eigenvalue weighted by molar-refractivity contribution is -0.145. The minimum absolute atomic E-state index is 0.249. The summed E-state index contributed by atoms with van der Waals surface area (Å²) < 4.78 is 0. The number of nitrogens with one attached hydrogen (secondary N) is 1.